The predicted molar refractivity (Wildman–Crippen MR) is 282 cm³/mol. The Morgan fingerprint density at radius 2 is 0.451 bits per heavy atom. The van der Waals surface area contributed by atoms with Crippen LogP contribution < -0.4 is 0 Å². The minimum absolute atomic E-state index is 0.0288. The first kappa shape index (κ1) is 62.2. The summed E-state index contributed by atoms with van der Waals surface area (Å²) < 4.78 is 222. The van der Waals surface area contributed by atoms with Gasteiger partial charge in [-0.1, -0.05) is 96.1 Å². The highest BCUT2D eigenvalue weighted by Gasteiger charge is 2.19. The molecule has 0 atom stereocenters. The molecule has 0 N–H and O–H groups in total. The van der Waals surface area contributed by atoms with E-state index in [4.69, 9.17) is 0 Å². The Labute approximate surface area is 460 Å². The number of rotatable bonds is 5. The molecular weight excluding hydrogens is 1100 g/mol. The maximum Gasteiger partial charge on any atom is 0.194 e. The summed E-state index contributed by atoms with van der Waals surface area (Å²) in [4.78, 5) is 0. The van der Waals surface area contributed by atoms with Gasteiger partial charge in [0.15, 0.2) is 75.6 Å². The van der Waals surface area contributed by atoms with E-state index in [1.165, 1.54) is 37.3 Å². The largest absolute Gasteiger partial charge is 0.206 e. The average Bonchev–Trinajstić information content (AvgIpc) is 3.59. The minimum Gasteiger partial charge on any atom is -0.206 e. The number of halogens is 17. The van der Waals surface area contributed by atoms with Crippen molar-refractivity contribution < 1.29 is 74.6 Å². The highest BCUT2D eigenvalue weighted by atomic mass is 19.2. The van der Waals surface area contributed by atoms with Crippen LogP contribution in [0, 0.1) is 134 Å². The molecule has 0 amide bonds. The topological polar surface area (TPSA) is 0 Å². The summed E-state index contributed by atoms with van der Waals surface area (Å²) in [6.45, 7) is 8.82. The second kappa shape index (κ2) is 27.5. The standard InChI is InChI=1S/C13H7F5.C13H8F4.2C13H9F3.C13H10F2/c1-6-2-8(14)12(9(15)3-6)7-4-10(16)13(18)11(17)5-7;1-7-2-3-9(10(14)4-7)8-5-11(15)13(17)12(16)6-8;1-8-2-4-10(12(15)6-8)9-3-5-11(14)13(16)7-9;1-8-2-4-9(5-3-8)10-6-11(14)13(16)12(15)7-10;1-9-2-4-10(5-3-9)11-6-7-12(14)13(15)8-11/h2-5H,1H3;2-6H,1H3;2*2-7H,1H3;2-8H,1H3. The Morgan fingerprint density at radius 1 is 0.171 bits per heavy atom. The highest BCUT2D eigenvalue weighted by Crippen LogP contribution is 2.31. The predicted octanol–water partition coefficient (Wildman–Crippen LogP) is 20.7. The van der Waals surface area contributed by atoms with Crippen LogP contribution in [-0.2, 0) is 0 Å². The quantitative estimate of drug-likeness (QED) is 0.119. The van der Waals surface area contributed by atoms with Gasteiger partial charge in [-0.3, -0.25) is 0 Å². The lowest BCUT2D eigenvalue weighted by Gasteiger charge is -2.07. The molecule has 0 unspecified atom stereocenters. The van der Waals surface area contributed by atoms with Gasteiger partial charge in [-0.25, -0.2) is 74.6 Å². The molecule has 17 heteroatoms. The zero-order valence-electron chi connectivity index (χ0n) is 43.6. The van der Waals surface area contributed by atoms with Gasteiger partial charge in [0.05, 0.1) is 5.56 Å². The minimum atomic E-state index is -1.67. The van der Waals surface area contributed by atoms with Crippen molar-refractivity contribution >= 4 is 0 Å². The fourth-order valence-corrected chi connectivity index (χ4v) is 7.65. The molecule has 0 aliphatic rings. The first-order valence-corrected chi connectivity index (χ1v) is 24.2. The molecule has 0 fully saturated rings. The fraction of sp³-hybridized carbons (Fsp3) is 0.0769. The second-order valence-electron chi connectivity index (χ2n) is 18.3. The molecule has 10 aromatic rings. The molecule has 0 nitrogen and oxygen atoms in total. The Morgan fingerprint density at radius 3 is 0.829 bits per heavy atom. The van der Waals surface area contributed by atoms with E-state index in [0.29, 0.717) is 45.5 Å². The molecular formula is C65H43F17. The van der Waals surface area contributed by atoms with Crippen molar-refractivity contribution in [2.75, 3.05) is 0 Å². The van der Waals surface area contributed by atoms with Gasteiger partial charge in [0.25, 0.3) is 0 Å². The Hall–Kier alpha value is -8.99. The molecule has 422 valence electrons. The van der Waals surface area contributed by atoms with E-state index < -0.39 is 104 Å². The molecule has 0 aliphatic heterocycles. The van der Waals surface area contributed by atoms with E-state index in [-0.39, 0.29) is 22.3 Å². The summed E-state index contributed by atoms with van der Waals surface area (Å²) in [5.41, 5.74) is 6.18. The molecule has 10 rings (SSSR count). The number of hydrogen-bond acceptors (Lipinski definition) is 0. The van der Waals surface area contributed by atoms with Crippen LogP contribution in [0.3, 0.4) is 0 Å². The van der Waals surface area contributed by atoms with Gasteiger partial charge in [-0.15, -0.1) is 0 Å². The summed E-state index contributed by atoms with van der Waals surface area (Å²) in [6, 6.07) is 37.6. The van der Waals surface area contributed by atoms with E-state index >= 15 is 0 Å². The Bertz CT molecular complexity index is 3800. The van der Waals surface area contributed by atoms with Crippen molar-refractivity contribution in [2.45, 2.75) is 34.6 Å². The molecule has 0 radical (unpaired) electrons. The Kier molecular flexibility index (Phi) is 20.8. The van der Waals surface area contributed by atoms with Gasteiger partial charge in [-0.05, 0) is 175 Å². The molecule has 0 aliphatic carbocycles. The van der Waals surface area contributed by atoms with Crippen LogP contribution in [0.5, 0.6) is 0 Å². The van der Waals surface area contributed by atoms with E-state index in [9.17, 15) is 74.6 Å². The second-order valence-corrected chi connectivity index (χ2v) is 18.3. The summed E-state index contributed by atoms with van der Waals surface area (Å²) in [6.07, 6.45) is 0. The van der Waals surface area contributed by atoms with E-state index in [1.54, 1.807) is 50.2 Å². The summed E-state index contributed by atoms with van der Waals surface area (Å²) in [5.74, 6) is -19.2. The van der Waals surface area contributed by atoms with Gasteiger partial charge in [0.2, 0.25) is 0 Å². The lowest BCUT2D eigenvalue weighted by atomic mass is 10.0. The zero-order valence-corrected chi connectivity index (χ0v) is 43.6. The molecule has 0 heterocycles. The van der Waals surface area contributed by atoms with Crippen molar-refractivity contribution in [3.63, 3.8) is 0 Å². The zero-order chi connectivity index (χ0) is 60.3. The molecule has 0 saturated heterocycles. The maximum atomic E-state index is 13.6. The first-order valence-electron chi connectivity index (χ1n) is 24.2. The van der Waals surface area contributed by atoms with E-state index in [2.05, 4.69) is 0 Å². The molecule has 10 aromatic carbocycles. The third-order valence-corrected chi connectivity index (χ3v) is 11.9. The third-order valence-electron chi connectivity index (χ3n) is 11.9. The summed E-state index contributed by atoms with van der Waals surface area (Å²) >= 11 is 0. The molecule has 82 heavy (non-hydrogen) atoms. The van der Waals surface area contributed by atoms with E-state index in [1.807, 2.05) is 50.2 Å². The van der Waals surface area contributed by atoms with Gasteiger partial charge in [0.1, 0.15) is 23.3 Å². The maximum absolute atomic E-state index is 13.6. The van der Waals surface area contributed by atoms with Crippen molar-refractivity contribution in [1.82, 2.24) is 0 Å². The number of aryl methyl sites for hydroxylation is 5. The number of hydrogen-bond donors (Lipinski definition) is 0. The van der Waals surface area contributed by atoms with Crippen LogP contribution >= 0.6 is 0 Å². The normalized spacial score (nSPS) is 10.6. The van der Waals surface area contributed by atoms with Crippen LogP contribution in [0.2, 0.25) is 0 Å². The lowest BCUT2D eigenvalue weighted by molar-refractivity contribution is 0.447. The van der Waals surface area contributed by atoms with Crippen LogP contribution in [-0.4, -0.2) is 0 Å². The molecule has 0 spiro atoms. The highest BCUT2D eigenvalue weighted by molar-refractivity contribution is 5.68. The lowest BCUT2D eigenvalue weighted by Crippen LogP contribution is -1.96. The average molecular weight is 1150 g/mol. The van der Waals surface area contributed by atoms with Crippen molar-refractivity contribution in [1.29, 1.82) is 0 Å². The first-order chi connectivity index (χ1) is 38.7. The van der Waals surface area contributed by atoms with Gasteiger partial charge in [0, 0.05) is 11.1 Å². The van der Waals surface area contributed by atoms with Gasteiger partial charge < -0.3 is 0 Å². The van der Waals surface area contributed by atoms with Crippen LogP contribution in [0.1, 0.15) is 27.8 Å². The SMILES string of the molecule is Cc1cc(F)c(-c2cc(F)c(F)c(F)c2)c(F)c1.Cc1ccc(-c2cc(F)c(F)c(F)c2)c(F)c1.Cc1ccc(-c2cc(F)c(F)c(F)c2)cc1.Cc1ccc(-c2ccc(F)c(F)c2)c(F)c1.Cc1ccc(-c2ccc(F)c(F)c2)cc1. The van der Waals surface area contributed by atoms with Crippen molar-refractivity contribution in [3.8, 4) is 55.6 Å². The molecule has 0 bridgehead atoms. The smallest absolute Gasteiger partial charge is 0.194 e. The van der Waals surface area contributed by atoms with Crippen LogP contribution in [0.4, 0.5) is 74.6 Å². The summed E-state index contributed by atoms with van der Waals surface area (Å²) in [7, 11) is 0. The number of benzene rings is 10. The van der Waals surface area contributed by atoms with Gasteiger partial charge >= 0.3 is 0 Å². The van der Waals surface area contributed by atoms with E-state index in [0.717, 1.165) is 76.9 Å². The van der Waals surface area contributed by atoms with Gasteiger partial charge in [-0.2, -0.15) is 0 Å². The van der Waals surface area contributed by atoms with Crippen LogP contribution in [0.25, 0.3) is 55.6 Å². The fourth-order valence-electron chi connectivity index (χ4n) is 7.65. The molecule has 0 aromatic heterocycles. The van der Waals surface area contributed by atoms with Crippen molar-refractivity contribution in [2.24, 2.45) is 0 Å². The monoisotopic (exact) mass is 1150 g/mol. The Balaban J connectivity index is 0.000000165. The van der Waals surface area contributed by atoms with Crippen molar-refractivity contribution in [3.05, 3.63) is 297 Å². The molecule has 0 saturated carbocycles. The third kappa shape index (κ3) is 16.1. The summed E-state index contributed by atoms with van der Waals surface area (Å²) in [5, 5.41) is 0. The van der Waals surface area contributed by atoms with Crippen LogP contribution in [0.15, 0.2) is 170 Å².